The van der Waals surface area contributed by atoms with Gasteiger partial charge in [0.2, 0.25) is 0 Å². The molecule has 0 aromatic heterocycles. The Labute approximate surface area is 128 Å². The third kappa shape index (κ3) is 5.58. The summed E-state index contributed by atoms with van der Waals surface area (Å²) in [6, 6.07) is 0. The average Bonchev–Trinajstić information content (AvgIpc) is 2.85. The molecule has 0 spiro atoms. The van der Waals surface area contributed by atoms with E-state index in [1.807, 2.05) is 12.2 Å². The first-order chi connectivity index (χ1) is 9.03. The summed E-state index contributed by atoms with van der Waals surface area (Å²) in [4.78, 5) is 22.3. The van der Waals surface area contributed by atoms with Crippen LogP contribution in [0.15, 0.2) is 24.3 Å². The number of hydrogen-bond acceptors (Lipinski definition) is 2. The fourth-order valence-electron chi connectivity index (χ4n) is 2.67. The molecule has 0 saturated carbocycles. The van der Waals surface area contributed by atoms with Crippen LogP contribution in [0.4, 0.5) is 0 Å². The minimum atomic E-state index is 0. The van der Waals surface area contributed by atoms with Gasteiger partial charge in [-0.2, -0.15) is 0 Å². The highest BCUT2D eigenvalue weighted by Gasteiger charge is 2.31. The molecule has 2 N–H and O–H groups in total. The van der Waals surface area contributed by atoms with Crippen molar-refractivity contribution in [3.63, 3.8) is 0 Å². The van der Waals surface area contributed by atoms with Gasteiger partial charge in [-0.1, -0.05) is 53.7 Å². The number of rotatable bonds is 0. The van der Waals surface area contributed by atoms with E-state index in [0.29, 0.717) is 11.6 Å². The lowest BCUT2D eigenvalue weighted by Crippen LogP contribution is -2.23. The first-order valence-corrected chi connectivity index (χ1v) is 7.44. The largest absolute Gasteiger partial charge is 0.412 e. The van der Waals surface area contributed by atoms with Gasteiger partial charge in [-0.05, 0) is 35.8 Å². The third-order valence-electron chi connectivity index (χ3n) is 4.09. The Morgan fingerprint density at radius 2 is 1.05 bits per heavy atom. The van der Waals surface area contributed by atoms with E-state index in [1.165, 1.54) is 0 Å². The number of carbonyl (C=O) groups excluding carboxylic acids is 2. The van der Waals surface area contributed by atoms with Gasteiger partial charge in [0.15, 0.2) is 11.6 Å². The molecular weight excluding hydrogens is 264 g/mol. The molecular formula is C18H30O3. The summed E-state index contributed by atoms with van der Waals surface area (Å²) < 4.78 is 0. The number of hydrogen-bond donors (Lipinski definition) is 0. The monoisotopic (exact) mass is 294 g/mol. The van der Waals surface area contributed by atoms with Gasteiger partial charge in [-0.15, -0.1) is 0 Å². The molecule has 3 nitrogen and oxygen atoms in total. The highest BCUT2D eigenvalue weighted by molar-refractivity contribution is 5.94. The summed E-state index contributed by atoms with van der Waals surface area (Å²) in [5, 5.41) is 0. The zero-order chi connectivity index (χ0) is 15.6. The van der Waals surface area contributed by atoms with Crippen LogP contribution in [-0.4, -0.2) is 17.0 Å². The third-order valence-corrected chi connectivity index (χ3v) is 4.09. The van der Waals surface area contributed by atoms with Crippen LogP contribution in [0.25, 0.3) is 0 Å². The quantitative estimate of drug-likeness (QED) is 0.686. The summed E-state index contributed by atoms with van der Waals surface area (Å²) in [7, 11) is 0. The van der Waals surface area contributed by atoms with Crippen molar-refractivity contribution in [3.8, 4) is 0 Å². The lowest BCUT2D eigenvalue weighted by atomic mass is 9.79. The number of carbonyl (C=O) groups is 2. The summed E-state index contributed by atoms with van der Waals surface area (Å²) >= 11 is 0. The van der Waals surface area contributed by atoms with Crippen LogP contribution in [0, 0.1) is 22.7 Å². The predicted molar refractivity (Wildman–Crippen MR) is 87.0 cm³/mol. The molecule has 0 heterocycles. The molecule has 2 aliphatic rings. The Kier molecular flexibility index (Phi) is 6.75. The van der Waals surface area contributed by atoms with E-state index in [-0.39, 0.29) is 28.1 Å². The zero-order valence-corrected chi connectivity index (χ0v) is 14.2. The molecule has 0 aromatic carbocycles. The molecule has 0 amide bonds. The van der Waals surface area contributed by atoms with Gasteiger partial charge in [0.25, 0.3) is 0 Å². The maximum absolute atomic E-state index is 11.1. The Balaban J connectivity index is 0.000000364. The van der Waals surface area contributed by atoms with Crippen LogP contribution in [0.5, 0.6) is 0 Å². The SMILES string of the molecule is CC(C)(C)C1CC=CC1=O.CC(C)(C)C1CC=CC1=O.O. The van der Waals surface area contributed by atoms with Crippen molar-refractivity contribution in [3.05, 3.63) is 24.3 Å². The van der Waals surface area contributed by atoms with Gasteiger partial charge in [0, 0.05) is 11.8 Å². The second-order valence-electron chi connectivity index (χ2n) is 7.92. The van der Waals surface area contributed by atoms with Gasteiger partial charge in [0.05, 0.1) is 0 Å². The van der Waals surface area contributed by atoms with E-state index in [2.05, 4.69) is 41.5 Å². The van der Waals surface area contributed by atoms with Crippen LogP contribution >= 0.6 is 0 Å². The molecule has 0 aliphatic heterocycles. The Hall–Kier alpha value is -1.22. The number of ketones is 2. The highest BCUT2D eigenvalue weighted by atomic mass is 16.1. The van der Waals surface area contributed by atoms with Crippen LogP contribution in [0.2, 0.25) is 0 Å². The lowest BCUT2D eigenvalue weighted by Gasteiger charge is -2.24. The zero-order valence-electron chi connectivity index (χ0n) is 14.2. The van der Waals surface area contributed by atoms with E-state index in [4.69, 9.17) is 0 Å². The minimum absolute atomic E-state index is 0. The van der Waals surface area contributed by atoms with Crippen molar-refractivity contribution in [1.82, 2.24) is 0 Å². The molecule has 2 unspecified atom stereocenters. The molecule has 21 heavy (non-hydrogen) atoms. The van der Waals surface area contributed by atoms with Gasteiger partial charge in [0.1, 0.15) is 0 Å². The smallest absolute Gasteiger partial charge is 0.159 e. The van der Waals surface area contributed by atoms with Crippen LogP contribution < -0.4 is 0 Å². The van der Waals surface area contributed by atoms with Gasteiger partial charge < -0.3 is 5.48 Å². The molecule has 120 valence electrons. The molecule has 0 aromatic rings. The van der Waals surface area contributed by atoms with Crippen LogP contribution in [0.1, 0.15) is 54.4 Å². The Morgan fingerprint density at radius 1 is 0.762 bits per heavy atom. The van der Waals surface area contributed by atoms with Crippen molar-refractivity contribution in [1.29, 1.82) is 0 Å². The Bertz CT molecular complexity index is 388. The van der Waals surface area contributed by atoms with Gasteiger partial charge in [-0.3, -0.25) is 9.59 Å². The molecule has 0 saturated heterocycles. The van der Waals surface area contributed by atoms with Crippen molar-refractivity contribution in [2.75, 3.05) is 0 Å². The summed E-state index contributed by atoms with van der Waals surface area (Å²) in [5.74, 6) is 1.06. The highest BCUT2D eigenvalue weighted by Crippen LogP contribution is 2.33. The fraction of sp³-hybridized carbons (Fsp3) is 0.667. The second-order valence-corrected chi connectivity index (χ2v) is 7.92. The molecule has 2 rings (SSSR count). The topological polar surface area (TPSA) is 65.6 Å². The van der Waals surface area contributed by atoms with E-state index in [1.54, 1.807) is 12.2 Å². The van der Waals surface area contributed by atoms with Crippen molar-refractivity contribution in [2.24, 2.45) is 22.7 Å². The van der Waals surface area contributed by atoms with E-state index < -0.39 is 0 Å². The van der Waals surface area contributed by atoms with E-state index in [0.717, 1.165) is 12.8 Å². The summed E-state index contributed by atoms with van der Waals surface area (Å²) in [6.45, 7) is 12.7. The van der Waals surface area contributed by atoms with Crippen molar-refractivity contribution in [2.45, 2.75) is 54.4 Å². The first-order valence-electron chi connectivity index (χ1n) is 7.44. The molecule has 0 bridgehead atoms. The van der Waals surface area contributed by atoms with Crippen LogP contribution in [-0.2, 0) is 9.59 Å². The summed E-state index contributed by atoms with van der Waals surface area (Å²) in [6.07, 6.45) is 9.22. The van der Waals surface area contributed by atoms with Crippen molar-refractivity contribution < 1.29 is 15.1 Å². The van der Waals surface area contributed by atoms with E-state index in [9.17, 15) is 9.59 Å². The first kappa shape index (κ1) is 19.8. The standard InChI is InChI=1S/2C9H14O.H2O/c2*1-9(2,3)7-5-4-6-8(7)10;/h2*4,6-7H,5H2,1-3H3;1H2. The molecule has 0 radical (unpaired) electrons. The molecule has 2 aliphatic carbocycles. The molecule has 3 heteroatoms. The summed E-state index contributed by atoms with van der Waals surface area (Å²) in [5.41, 5.74) is 0.279. The lowest BCUT2D eigenvalue weighted by molar-refractivity contribution is -0.121. The molecule has 2 atom stereocenters. The average molecular weight is 294 g/mol. The van der Waals surface area contributed by atoms with Crippen molar-refractivity contribution >= 4 is 11.6 Å². The number of allylic oxidation sites excluding steroid dienone is 4. The fourth-order valence-corrected chi connectivity index (χ4v) is 2.67. The van der Waals surface area contributed by atoms with Gasteiger partial charge >= 0.3 is 0 Å². The maximum atomic E-state index is 11.1. The minimum Gasteiger partial charge on any atom is -0.412 e. The normalized spacial score (nSPS) is 24.7. The second kappa shape index (κ2) is 7.17. The maximum Gasteiger partial charge on any atom is 0.159 e. The predicted octanol–water partition coefficient (Wildman–Crippen LogP) is 3.53. The van der Waals surface area contributed by atoms with Gasteiger partial charge in [-0.25, -0.2) is 0 Å². The van der Waals surface area contributed by atoms with E-state index >= 15 is 0 Å². The molecule has 0 fully saturated rings. The van der Waals surface area contributed by atoms with Crippen LogP contribution in [0.3, 0.4) is 0 Å². The Morgan fingerprint density at radius 3 is 1.14 bits per heavy atom.